The highest BCUT2D eigenvalue weighted by Gasteiger charge is 2.55. The molecular weight excluding hydrogens is 658 g/mol. The van der Waals surface area contributed by atoms with E-state index in [2.05, 4.69) is 5.32 Å². The van der Waals surface area contributed by atoms with Crippen LogP contribution in [0.25, 0.3) is 0 Å². The van der Waals surface area contributed by atoms with Gasteiger partial charge in [0.15, 0.2) is 30.7 Å². The number of hydrogen-bond acceptors (Lipinski definition) is 17. The molecule has 0 aromatic heterocycles. The van der Waals surface area contributed by atoms with Crippen LogP contribution >= 0.6 is 0 Å². The number of carbonyl (C=O) groups is 7. The second-order valence-electron chi connectivity index (χ2n) is 10.9. The first kappa shape index (κ1) is 38.6. The molecule has 2 saturated heterocycles. The summed E-state index contributed by atoms with van der Waals surface area (Å²) in [5.41, 5.74) is 0.483. The van der Waals surface area contributed by atoms with E-state index < -0.39 is 104 Å². The Bertz CT molecular complexity index is 1380. The smallest absolute Gasteiger partial charge is 0.303 e. The number of benzene rings is 1. The van der Waals surface area contributed by atoms with Crippen molar-refractivity contribution in [2.24, 2.45) is 0 Å². The average Bonchev–Trinajstić information content (AvgIpc) is 2.97. The molecule has 18 heteroatoms. The molecule has 2 fully saturated rings. The van der Waals surface area contributed by atoms with Crippen molar-refractivity contribution in [2.45, 2.75) is 104 Å². The molecule has 1 aromatic carbocycles. The normalized spacial score (nSPS) is 27.8. The van der Waals surface area contributed by atoms with Crippen LogP contribution in [0.2, 0.25) is 0 Å². The molecule has 0 unspecified atom stereocenters. The second-order valence-corrected chi connectivity index (χ2v) is 10.9. The van der Waals surface area contributed by atoms with Gasteiger partial charge in [0.2, 0.25) is 18.3 Å². The van der Waals surface area contributed by atoms with Gasteiger partial charge in [0.1, 0.15) is 24.6 Å². The summed E-state index contributed by atoms with van der Waals surface area (Å²) in [5.74, 6) is -4.93. The number of ether oxygens (including phenoxy) is 10. The number of nitrogens with one attached hydrogen (secondary N) is 1. The Labute approximate surface area is 280 Å². The lowest BCUT2D eigenvalue weighted by molar-refractivity contribution is -0.341. The molecule has 1 N–H and O–H groups in total. The summed E-state index contributed by atoms with van der Waals surface area (Å²) in [6, 6.07) is 6.14. The van der Waals surface area contributed by atoms with E-state index in [-0.39, 0.29) is 11.7 Å². The third-order valence-corrected chi connectivity index (χ3v) is 6.67. The van der Waals surface area contributed by atoms with Crippen LogP contribution in [0.3, 0.4) is 0 Å². The van der Waals surface area contributed by atoms with Crippen LogP contribution in [0, 0.1) is 0 Å². The zero-order valence-corrected chi connectivity index (χ0v) is 27.9. The molecule has 9 atom stereocenters. The summed E-state index contributed by atoms with van der Waals surface area (Å²) < 4.78 is 56.3. The fraction of sp³-hybridized carbons (Fsp3) is 0.581. The van der Waals surface area contributed by atoms with E-state index >= 15 is 0 Å². The molecule has 2 aliphatic heterocycles. The van der Waals surface area contributed by atoms with E-state index in [1.807, 2.05) is 0 Å². The monoisotopic (exact) mass is 697 g/mol. The van der Waals surface area contributed by atoms with Crippen molar-refractivity contribution in [3.05, 3.63) is 24.3 Å². The summed E-state index contributed by atoms with van der Waals surface area (Å²) in [6.07, 6.45) is -13.1. The first-order chi connectivity index (χ1) is 23.0. The molecule has 2 heterocycles. The Hall–Kier alpha value is -4.81. The lowest BCUT2D eigenvalue weighted by Crippen LogP contribution is -2.65. The Balaban J connectivity index is 1.99. The highest BCUT2D eigenvalue weighted by molar-refractivity contribution is 5.88. The molecule has 1 aromatic rings. The Morgan fingerprint density at radius 3 is 1.63 bits per heavy atom. The SMILES string of the molecule is CC(=O)Nc1ccc(O[C@@H]2OC[C@@H](O[C@@H]3O[C@H](COC(C)=O)[C@H](OC(C)=O)[C@H](OC(C)=O)[C@H]3OC(C)=O)[C@H](OC(C)=O)[C@H]2OC(C)=O)cc1. The minimum atomic E-state index is -1.66. The van der Waals surface area contributed by atoms with Gasteiger partial charge in [0.25, 0.3) is 0 Å². The third-order valence-electron chi connectivity index (χ3n) is 6.67. The Morgan fingerprint density at radius 1 is 0.633 bits per heavy atom. The average molecular weight is 698 g/mol. The summed E-state index contributed by atoms with van der Waals surface area (Å²) in [6.45, 7) is 6.96. The molecule has 1 amide bonds. The minimum absolute atomic E-state index is 0.233. The molecule has 270 valence electrons. The zero-order valence-electron chi connectivity index (χ0n) is 27.9. The molecule has 2 aliphatic rings. The van der Waals surface area contributed by atoms with Crippen LogP contribution in [-0.2, 0) is 76.2 Å². The van der Waals surface area contributed by atoms with E-state index in [9.17, 15) is 33.6 Å². The second kappa shape index (κ2) is 17.5. The van der Waals surface area contributed by atoms with Gasteiger partial charge in [-0.3, -0.25) is 33.6 Å². The maximum Gasteiger partial charge on any atom is 0.303 e. The number of amides is 1. The Morgan fingerprint density at radius 2 is 1.12 bits per heavy atom. The molecule has 0 bridgehead atoms. The van der Waals surface area contributed by atoms with Crippen molar-refractivity contribution in [3.8, 4) is 5.75 Å². The molecular formula is C31H39NO17. The summed E-state index contributed by atoms with van der Waals surface area (Å²) in [7, 11) is 0. The van der Waals surface area contributed by atoms with Crippen LogP contribution in [0.5, 0.6) is 5.75 Å². The van der Waals surface area contributed by atoms with Crippen molar-refractivity contribution < 1.29 is 80.9 Å². The number of anilines is 1. The maximum atomic E-state index is 12.3. The van der Waals surface area contributed by atoms with Gasteiger partial charge < -0.3 is 52.7 Å². The fourth-order valence-corrected chi connectivity index (χ4v) is 5.04. The van der Waals surface area contributed by atoms with Crippen LogP contribution in [-0.4, -0.2) is 110 Å². The van der Waals surface area contributed by atoms with Crippen molar-refractivity contribution in [2.75, 3.05) is 18.5 Å². The van der Waals surface area contributed by atoms with E-state index in [1.165, 1.54) is 19.1 Å². The maximum absolute atomic E-state index is 12.3. The molecule has 0 saturated carbocycles. The summed E-state index contributed by atoms with van der Waals surface area (Å²) >= 11 is 0. The van der Waals surface area contributed by atoms with Gasteiger partial charge in [0.05, 0.1) is 6.61 Å². The molecule has 3 rings (SSSR count). The predicted molar refractivity (Wildman–Crippen MR) is 159 cm³/mol. The van der Waals surface area contributed by atoms with E-state index in [0.29, 0.717) is 5.69 Å². The lowest BCUT2D eigenvalue weighted by atomic mass is 9.97. The number of rotatable bonds is 12. The topological polar surface area (TPSA) is 224 Å². The van der Waals surface area contributed by atoms with Crippen LogP contribution in [0.15, 0.2) is 24.3 Å². The number of esters is 6. The summed E-state index contributed by atoms with van der Waals surface area (Å²) in [4.78, 5) is 84.1. The quantitative estimate of drug-likeness (QED) is 0.234. The van der Waals surface area contributed by atoms with Crippen LogP contribution < -0.4 is 10.1 Å². The van der Waals surface area contributed by atoms with Crippen molar-refractivity contribution in [1.29, 1.82) is 0 Å². The van der Waals surface area contributed by atoms with Gasteiger partial charge in [-0.2, -0.15) is 0 Å². The highest BCUT2D eigenvalue weighted by atomic mass is 16.8. The first-order valence-electron chi connectivity index (χ1n) is 15.0. The standard InChI is InChI=1S/C31H39NO17/c1-14(33)32-21-8-10-22(11-9-21)47-30-28(45-19(6)38)26(43-17(4)36)24(13-41-30)49-31-29(46-20(7)39)27(44-18(5)37)25(42-16(3)35)23(48-31)12-40-15(2)34/h8-11,23-31H,12-13H2,1-7H3,(H,32,33)/t23-,24-,25+,26+,27+,28-,29-,30+,31+/m1/s1. The van der Waals surface area contributed by atoms with Crippen molar-refractivity contribution >= 4 is 47.4 Å². The fourth-order valence-electron chi connectivity index (χ4n) is 5.04. The predicted octanol–water partition coefficient (Wildman–Crippen LogP) is 0.712. The van der Waals surface area contributed by atoms with Gasteiger partial charge >= 0.3 is 35.8 Å². The van der Waals surface area contributed by atoms with Gasteiger partial charge in [0, 0.05) is 54.2 Å². The van der Waals surface area contributed by atoms with Crippen molar-refractivity contribution in [1.82, 2.24) is 0 Å². The lowest BCUT2D eigenvalue weighted by Gasteiger charge is -2.46. The highest BCUT2D eigenvalue weighted by Crippen LogP contribution is 2.34. The molecule has 0 spiro atoms. The zero-order chi connectivity index (χ0) is 36.4. The van der Waals surface area contributed by atoms with E-state index in [4.69, 9.17) is 47.4 Å². The molecule has 49 heavy (non-hydrogen) atoms. The number of carbonyl (C=O) groups excluding carboxylic acids is 7. The van der Waals surface area contributed by atoms with Gasteiger partial charge in [-0.1, -0.05) is 0 Å². The third kappa shape index (κ3) is 11.7. The molecule has 0 aliphatic carbocycles. The van der Waals surface area contributed by atoms with E-state index in [0.717, 1.165) is 41.5 Å². The number of hydrogen-bond donors (Lipinski definition) is 1. The van der Waals surface area contributed by atoms with Gasteiger partial charge in [-0.15, -0.1) is 0 Å². The van der Waals surface area contributed by atoms with Crippen molar-refractivity contribution in [3.63, 3.8) is 0 Å². The van der Waals surface area contributed by atoms with Gasteiger partial charge in [-0.25, -0.2) is 0 Å². The molecule has 0 radical (unpaired) electrons. The minimum Gasteiger partial charge on any atom is -0.463 e. The first-order valence-corrected chi connectivity index (χ1v) is 15.0. The van der Waals surface area contributed by atoms with Crippen LogP contribution in [0.4, 0.5) is 5.69 Å². The van der Waals surface area contributed by atoms with E-state index in [1.54, 1.807) is 12.1 Å². The Kier molecular flexibility index (Phi) is 13.8. The molecule has 18 nitrogen and oxygen atoms in total. The summed E-state index contributed by atoms with van der Waals surface area (Å²) in [5, 5.41) is 2.61. The largest absolute Gasteiger partial charge is 0.463 e. The van der Waals surface area contributed by atoms with Gasteiger partial charge in [-0.05, 0) is 24.3 Å². The van der Waals surface area contributed by atoms with Crippen LogP contribution in [0.1, 0.15) is 48.5 Å².